The Bertz CT molecular complexity index is 1100. The number of hydrogen-bond acceptors (Lipinski definition) is 5. The van der Waals surface area contributed by atoms with Gasteiger partial charge in [0.1, 0.15) is 17.3 Å². The van der Waals surface area contributed by atoms with Gasteiger partial charge in [-0.3, -0.25) is 0 Å². The SMILES string of the molecule is CC[C@@H](C)NCCCOc1ccc(-c2cc3c(ncn3C)c(C#N)n2)cc1C(F)(F)F. The molecule has 31 heavy (non-hydrogen) atoms. The lowest BCUT2D eigenvalue weighted by atomic mass is 10.1. The Hall–Kier alpha value is -3.12. The number of aryl methyl sites for hydroxylation is 1. The van der Waals surface area contributed by atoms with Crippen LogP contribution in [0, 0.1) is 11.3 Å². The summed E-state index contributed by atoms with van der Waals surface area (Å²) in [6.07, 6.45) is -1.49. The third-order valence-corrected chi connectivity index (χ3v) is 5.08. The van der Waals surface area contributed by atoms with Crippen LogP contribution >= 0.6 is 0 Å². The van der Waals surface area contributed by atoms with Crippen LogP contribution < -0.4 is 10.1 Å². The fraction of sp³-hybridized carbons (Fsp3) is 0.409. The van der Waals surface area contributed by atoms with Gasteiger partial charge >= 0.3 is 6.18 Å². The highest BCUT2D eigenvalue weighted by Gasteiger charge is 2.35. The molecule has 0 radical (unpaired) electrons. The molecular formula is C22H24F3N5O. The molecule has 0 amide bonds. The molecule has 164 valence electrons. The van der Waals surface area contributed by atoms with Crippen LogP contribution in [-0.4, -0.2) is 33.7 Å². The van der Waals surface area contributed by atoms with E-state index in [4.69, 9.17) is 4.74 Å². The summed E-state index contributed by atoms with van der Waals surface area (Å²) in [5.41, 5.74) is 0.737. The first kappa shape index (κ1) is 22.6. The summed E-state index contributed by atoms with van der Waals surface area (Å²) in [5.74, 6) is -0.220. The maximum Gasteiger partial charge on any atom is 0.419 e. The summed E-state index contributed by atoms with van der Waals surface area (Å²) in [5, 5.41) is 12.6. The van der Waals surface area contributed by atoms with E-state index in [9.17, 15) is 18.4 Å². The van der Waals surface area contributed by atoms with Gasteiger partial charge in [-0.05, 0) is 50.6 Å². The van der Waals surface area contributed by atoms with Crippen LogP contribution in [0.3, 0.4) is 0 Å². The second-order valence-electron chi connectivity index (χ2n) is 7.37. The van der Waals surface area contributed by atoms with Crippen molar-refractivity contribution in [1.29, 1.82) is 5.26 Å². The van der Waals surface area contributed by atoms with Crippen LogP contribution in [0.2, 0.25) is 0 Å². The molecule has 2 heterocycles. The molecule has 0 fully saturated rings. The third kappa shape index (κ3) is 5.14. The third-order valence-electron chi connectivity index (χ3n) is 5.08. The molecule has 1 atom stereocenters. The first-order valence-electron chi connectivity index (χ1n) is 10.0. The van der Waals surface area contributed by atoms with Crippen molar-refractivity contribution in [3.05, 3.63) is 41.9 Å². The zero-order chi connectivity index (χ0) is 22.6. The van der Waals surface area contributed by atoms with Gasteiger partial charge in [-0.2, -0.15) is 18.4 Å². The van der Waals surface area contributed by atoms with Gasteiger partial charge < -0.3 is 14.6 Å². The van der Waals surface area contributed by atoms with E-state index in [0.717, 1.165) is 12.5 Å². The summed E-state index contributed by atoms with van der Waals surface area (Å²) >= 11 is 0. The molecular weight excluding hydrogens is 407 g/mol. The molecule has 2 aromatic heterocycles. The van der Waals surface area contributed by atoms with Gasteiger partial charge in [0, 0.05) is 18.7 Å². The molecule has 0 spiro atoms. The van der Waals surface area contributed by atoms with Crippen molar-refractivity contribution in [1.82, 2.24) is 19.9 Å². The highest BCUT2D eigenvalue weighted by molar-refractivity contribution is 5.84. The number of imidazole rings is 1. The Morgan fingerprint density at radius 1 is 1.29 bits per heavy atom. The summed E-state index contributed by atoms with van der Waals surface area (Å²) in [4.78, 5) is 8.35. The minimum atomic E-state index is -4.59. The van der Waals surface area contributed by atoms with Crippen LogP contribution in [0.5, 0.6) is 5.75 Å². The summed E-state index contributed by atoms with van der Waals surface area (Å²) in [6, 6.07) is 7.78. The van der Waals surface area contributed by atoms with Gasteiger partial charge in [-0.25, -0.2) is 9.97 Å². The van der Waals surface area contributed by atoms with Crippen molar-refractivity contribution in [2.75, 3.05) is 13.2 Å². The minimum Gasteiger partial charge on any atom is -0.493 e. The summed E-state index contributed by atoms with van der Waals surface area (Å²) in [7, 11) is 1.74. The molecule has 0 aliphatic heterocycles. The number of fused-ring (bicyclic) bond motifs is 1. The van der Waals surface area contributed by atoms with Crippen molar-refractivity contribution >= 4 is 11.0 Å². The number of pyridine rings is 1. The molecule has 3 rings (SSSR count). The van der Waals surface area contributed by atoms with Crippen LogP contribution in [0.15, 0.2) is 30.6 Å². The number of rotatable bonds is 8. The number of nitrogens with one attached hydrogen (secondary N) is 1. The Kier molecular flexibility index (Phi) is 6.81. The average Bonchev–Trinajstić information content (AvgIpc) is 3.12. The monoisotopic (exact) mass is 431 g/mol. The number of alkyl halides is 3. The van der Waals surface area contributed by atoms with Crippen molar-refractivity contribution in [3.8, 4) is 23.1 Å². The Balaban J connectivity index is 1.88. The molecule has 3 aromatic rings. The van der Waals surface area contributed by atoms with Gasteiger partial charge in [0.05, 0.1) is 29.7 Å². The van der Waals surface area contributed by atoms with Gasteiger partial charge in [0.15, 0.2) is 5.69 Å². The van der Waals surface area contributed by atoms with E-state index in [0.29, 0.717) is 30.0 Å². The topological polar surface area (TPSA) is 75.8 Å². The van der Waals surface area contributed by atoms with Crippen molar-refractivity contribution in [3.63, 3.8) is 0 Å². The molecule has 1 aromatic carbocycles. The second-order valence-corrected chi connectivity index (χ2v) is 7.37. The molecule has 0 bridgehead atoms. The highest BCUT2D eigenvalue weighted by atomic mass is 19.4. The first-order chi connectivity index (χ1) is 14.7. The predicted octanol–water partition coefficient (Wildman–Crippen LogP) is 4.68. The Morgan fingerprint density at radius 2 is 2.06 bits per heavy atom. The Labute approximate surface area is 178 Å². The number of benzene rings is 1. The highest BCUT2D eigenvalue weighted by Crippen LogP contribution is 2.39. The zero-order valence-electron chi connectivity index (χ0n) is 17.6. The molecule has 0 saturated heterocycles. The lowest BCUT2D eigenvalue weighted by Gasteiger charge is -2.16. The van der Waals surface area contributed by atoms with Gasteiger partial charge in [-0.15, -0.1) is 0 Å². The number of nitriles is 1. The molecule has 1 N–H and O–H groups in total. The van der Waals surface area contributed by atoms with Gasteiger partial charge in [0.25, 0.3) is 0 Å². The minimum absolute atomic E-state index is 0.0655. The fourth-order valence-electron chi connectivity index (χ4n) is 3.14. The molecule has 0 saturated carbocycles. The van der Waals surface area contributed by atoms with Crippen LogP contribution in [0.4, 0.5) is 13.2 Å². The van der Waals surface area contributed by atoms with Gasteiger partial charge in [0.2, 0.25) is 0 Å². The molecule has 6 nitrogen and oxygen atoms in total. The molecule has 0 unspecified atom stereocenters. The van der Waals surface area contributed by atoms with Gasteiger partial charge in [-0.1, -0.05) is 6.92 Å². The average molecular weight is 431 g/mol. The van der Waals surface area contributed by atoms with Crippen molar-refractivity contribution < 1.29 is 17.9 Å². The normalized spacial score (nSPS) is 12.7. The Morgan fingerprint density at radius 3 is 2.74 bits per heavy atom. The van der Waals surface area contributed by atoms with Crippen LogP contribution in [0.25, 0.3) is 22.3 Å². The van der Waals surface area contributed by atoms with Crippen LogP contribution in [-0.2, 0) is 13.2 Å². The number of halogens is 3. The van der Waals surface area contributed by atoms with E-state index in [1.165, 1.54) is 18.5 Å². The quantitative estimate of drug-likeness (QED) is 0.524. The number of hydrogen-bond donors (Lipinski definition) is 1. The van der Waals surface area contributed by atoms with E-state index < -0.39 is 11.7 Å². The zero-order valence-corrected chi connectivity index (χ0v) is 17.6. The number of ether oxygens (including phenoxy) is 1. The maximum absolute atomic E-state index is 13.7. The second kappa shape index (κ2) is 9.35. The number of aromatic nitrogens is 3. The number of nitrogens with zero attached hydrogens (tertiary/aromatic N) is 4. The van der Waals surface area contributed by atoms with E-state index >= 15 is 0 Å². The maximum atomic E-state index is 13.7. The van der Waals surface area contributed by atoms with Crippen molar-refractivity contribution in [2.24, 2.45) is 7.05 Å². The molecule has 0 aliphatic carbocycles. The molecule has 0 aliphatic rings. The van der Waals surface area contributed by atoms with E-state index in [1.807, 2.05) is 6.07 Å². The summed E-state index contributed by atoms with van der Waals surface area (Å²) in [6.45, 7) is 4.95. The lowest BCUT2D eigenvalue weighted by Crippen LogP contribution is -2.27. The summed E-state index contributed by atoms with van der Waals surface area (Å²) < 4.78 is 48.3. The van der Waals surface area contributed by atoms with E-state index in [1.54, 1.807) is 17.7 Å². The standard InChI is InChI=1S/C22H24F3N5O/c1-4-14(2)27-8-5-9-31-20-7-6-15(10-16(20)22(23,24)25)17-11-19-21(18(12-26)29-17)28-13-30(19)3/h6-7,10-11,13-14,27H,4-5,8-9H2,1-3H3/t14-/m1/s1. The first-order valence-corrected chi connectivity index (χ1v) is 10.0. The smallest absolute Gasteiger partial charge is 0.419 e. The van der Waals surface area contributed by atoms with E-state index in [2.05, 4.69) is 29.1 Å². The largest absolute Gasteiger partial charge is 0.493 e. The molecule has 9 heteroatoms. The van der Waals surface area contributed by atoms with E-state index in [-0.39, 0.29) is 29.3 Å². The van der Waals surface area contributed by atoms with Crippen molar-refractivity contribution in [2.45, 2.75) is 38.9 Å². The fourth-order valence-corrected chi connectivity index (χ4v) is 3.14. The lowest BCUT2D eigenvalue weighted by molar-refractivity contribution is -0.138. The van der Waals surface area contributed by atoms with Crippen LogP contribution in [0.1, 0.15) is 37.9 Å². The predicted molar refractivity (Wildman–Crippen MR) is 112 cm³/mol.